The molecule has 0 aromatic carbocycles. The predicted octanol–water partition coefficient (Wildman–Crippen LogP) is 2.17. The highest BCUT2D eigenvalue weighted by Crippen LogP contribution is 2.29. The minimum atomic E-state index is -2.92. The van der Waals surface area contributed by atoms with Crippen LogP contribution in [0.5, 0.6) is 0 Å². The van der Waals surface area contributed by atoms with E-state index in [0.717, 1.165) is 4.88 Å². The number of sulfone groups is 1. The fourth-order valence-corrected chi connectivity index (χ4v) is 3.18. The van der Waals surface area contributed by atoms with Crippen LogP contribution >= 0.6 is 11.3 Å². The standard InChI is InChI=1S/C11H18O3S2/c1-3-16(13,14)9-5-7-11(2,12)10-6-4-8-15-10/h4,6,8,12H,3,5,7,9H2,1-2H3. The van der Waals surface area contributed by atoms with Crippen molar-refractivity contribution in [2.45, 2.75) is 32.3 Å². The van der Waals surface area contributed by atoms with Crippen molar-refractivity contribution in [1.82, 2.24) is 0 Å². The van der Waals surface area contributed by atoms with Crippen molar-refractivity contribution in [3.63, 3.8) is 0 Å². The SMILES string of the molecule is CCS(=O)(=O)CCCC(C)(O)c1cccs1. The Bertz CT molecular complexity index is 404. The van der Waals surface area contributed by atoms with Crippen molar-refractivity contribution < 1.29 is 13.5 Å². The number of aliphatic hydroxyl groups is 1. The van der Waals surface area contributed by atoms with Crippen LogP contribution in [0.25, 0.3) is 0 Å². The Hall–Kier alpha value is -0.390. The highest BCUT2D eigenvalue weighted by molar-refractivity contribution is 7.91. The van der Waals surface area contributed by atoms with Crippen LogP contribution in [0.2, 0.25) is 0 Å². The summed E-state index contributed by atoms with van der Waals surface area (Å²) < 4.78 is 22.6. The molecule has 5 heteroatoms. The summed E-state index contributed by atoms with van der Waals surface area (Å²) in [4.78, 5) is 0.890. The molecule has 3 nitrogen and oxygen atoms in total. The van der Waals surface area contributed by atoms with E-state index in [1.165, 1.54) is 11.3 Å². The van der Waals surface area contributed by atoms with Gasteiger partial charge in [-0.05, 0) is 31.2 Å². The van der Waals surface area contributed by atoms with E-state index in [1.54, 1.807) is 13.8 Å². The Kier molecular flexibility index (Phi) is 4.52. The second-order valence-corrected chi connectivity index (χ2v) is 7.51. The molecule has 16 heavy (non-hydrogen) atoms. The molecule has 1 rings (SSSR count). The maximum Gasteiger partial charge on any atom is 0.150 e. The van der Waals surface area contributed by atoms with E-state index in [0.29, 0.717) is 12.8 Å². The number of hydrogen-bond acceptors (Lipinski definition) is 4. The highest BCUT2D eigenvalue weighted by atomic mass is 32.2. The van der Waals surface area contributed by atoms with Gasteiger partial charge in [0.15, 0.2) is 0 Å². The molecular weight excluding hydrogens is 244 g/mol. The van der Waals surface area contributed by atoms with Gasteiger partial charge in [0.1, 0.15) is 9.84 Å². The van der Waals surface area contributed by atoms with E-state index < -0.39 is 15.4 Å². The van der Waals surface area contributed by atoms with Crippen LogP contribution in [-0.2, 0) is 15.4 Å². The Labute approximate surface area is 101 Å². The molecule has 0 radical (unpaired) electrons. The van der Waals surface area contributed by atoms with Gasteiger partial charge in [-0.1, -0.05) is 13.0 Å². The van der Waals surface area contributed by atoms with Crippen LogP contribution < -0.4 is 0 Å². The molecular formula is C11H18O3S2. The molecule has 0 spiro atoms. The van der Waals surface area contributed by atoms with Gasteiger partial charge in [-0.25, -0.2) is 8.42 Å². The van der Waals surface area contributed by atoms with Crippen LogP contribution in [0.4, 0.5) is 0 Å². The van der Waals surface area contributed by atoms with Crippen LogP contribution in [0, 0.1) is 0 Å². The molecule has 0 bridgehead atoms. The lowest BCUT2D eigenvalue weighted by Crippen LogP contribution is -2.21. The third-order valence-electron chi connectivity index (χ3n) is 2.61. The quantitative estimate of drug-likeness (QED) is 0.855. The van der Waals surface area contributed by atoms with Crippen molar-refractivity contribution in [2.24, 2.45) is 0 Å². The average Bonchev–Trinajstić information content (AvgIpc) is 2.70. The van der Waals surface area contributed by atoms with Crippen LogP contribution in [0.3, 0.4) is 0 Å². The molecule has 0 saturated carbocycles. The van der Waals surface area contributed by atoms with Crippen LogP contribution in [-0.4, -0.2) is 25.0 Å². The second kappa shape index (κ2) is 5.29. The first kappa shape index (κ1) is 13.7. The van der Waals surface area contributed by atoms with Gasteiger partial charge >= 0.3 is 0 Å². The largest absolute Gasteiger partial charge is 0.385 e. The summed E-state index contributed by atoms with van der Waals surface area (Å²) in [5.41, 5.74) is -0.905. The Morgan fingerprint density at radius 2 is 2.19 bits per heavy atom. The van der Waals surface area contributed by atoms with E-state index in [2.05, 4.69) is 0 Å². The topological polar surface area (TPSA) is 54.4 Å². The van der Waals surface area contributed by atoms with Crippen molar-refractivity contribution >= 4 is 21.2 Å². The van der Waals surface area contributed by atoms with Crippen molar-refractivity contribution in [1.29, 1.82) is 0 Å². The normalized spacial score (nSPS) is 15.9. The molecule has 0 saturated heterocycles. The number of rotatable bonds is 6. The molecule has 0 aliphatic heterocycles. The molecule has 0 aliphatic carbocycles. The molecule has 1 unspecified atom stereocenters. The highest BCUT2D eigenvalue weighted by Gasteiger charge is 2.24. The lowest BCUT2D eigenvalue weighted by Gasteiger charge is -2.21. The van der Waals surface area contributed by atoms with E-state index in [9.17, 15) is 13.5 Å². The second-order valence-electron chi connectivity index (χ2n) is 4.09. The van der Waals surface area contributed by atoms with Gasteiger partial charge in [-0.3, -0.25) is 0 Å². The van der Waals surface area contributed by atoms with Crippen molar-refractivity contribution in [2.75, 3.05) is 11.5 Å². The summed E-state index contributed by atoms with van der Waals surface area (Å²) in [5, 5.41) is 12.1. The molecule has 1 aromatic rings. The van der Waals surface area contributed by atoms with Crippen LogP contribution in [0.1, 0.15) is 31.6 Å². The van der Waals surface area contributed by atoms with E-state index >= 15 is 0 Å². The zero-order valence-corrected chi connectivity index (χ0v) is 11.3. The lowest BCUT2D eigenvalue weighted by atomic mass is 9.99. The van der Waals surface area contributed by atoms with Gasteiger partial charge in [0.25, 0.3) is 0 Å². The molecule has 0 aliphatic rings. The minimum Gasteiger partial charge on any atom is -0.385 e. The summed E-state index contributed by atoms with van der Waals surface area (Å²) in [6.07, 6.45) is 0.980. The molecule has 0 fully saturated rings. The summed E-state index contributed by atoms with van der Waals surface area (Å²) in [5.74, 6) is 0.333. The first-order chi connectivity index (χ1) is 7.37. The first-order valence-electron chi connectivity index (χ1n) is 5.34. The van der Waals surface area contributed by atoms with Crippen molar-refractivity contribution in [3.8, 4) is 0 Å². The van der Waals surface area contributed by atoms with Crippen LogP contribution in [0.15, 0.2) is 17.5 Å². The fourth-order valence-electron chi connectivity index (χ4n) is 1.49. The Morgan fingerprint density at radius 3 is 2.69 bits per heavy atom. The van der Waals surface area contributed by atoms with Gasteiger partial charge < -0.3 is 5.11 Å². The van der Waals surface area contributed by atoms with Gasteiger partial charge in [0, 0.05) is 10.6 Å². The predicted molar refractivity (Wildman–Crippen MR) is 67.5 cm³/mol. The van der Waals surface area contributed by atoms with Gasteiger partial charge in [0.05, 0.1) is 11.4 Å². The lowest BCUT2D eigenvalue weighted by molar-refractivity contribution is 0.0510. The molecule has 1 N–H and O–H groups in total. The minimum absolute atomic E-state index is 0.158. The maximum atomic E-state index is 11.3. The Morgan fingerprint density at radius 1 is 1.50 bits per heavy atom. The monoisotopic (exact) mass is 262 g/mol. The molecule has 1 atom stereocenters. The molecule has 92 valence electrons. The zero-order chi connectivity index (χ0) is 12.2. The fraction of sp³-hybridized carbons (Fsp3) is 0.636. The van der Waals surface area contributed by atoms with Gasteiger partial charge in [-0.15, -0.1) is 11.3 Å². The Balaban J connectivity index is 2.50. The zero-order valence-electron chi connectivity index (χ0n) is 9.64. The van der Waals surface area contributed by atoms with Gasteiger partial charge in [-0.2, -0.15) is 0 Å². The number of thiophene rings is 1. The number of hydrogen-bond donors (Lipinski definition) is 1. The first-order valence-corrected chi connectivity index (χ1v) is 8.04. The third-order valence-corrected chi connectivity index (χ3v) is 5.52. The molecule has 1 heterocycles. The average molecular weight is 262 g/mol. The maximum absolute atomic E-state index is 11.3. The van der Waals surface area contributed by atoms with Gasteiger partial charge in [0.2, 0.25) is 0 Å². The molecule has 0 amide bonds. The summed E-state index contributed by atoms with van der Waals surface area (Å²) in [6.45, 7) is 3.38. The summed E-state index contributed by atoms with van der Waals surface area (Å²) in [7, 11) is -2.92. The van der Waals surface area contributed by atoms with E-state index in [4.69, 9.17) is 0 Å². The summed E-state index contributed by atoms with van der Waals surface area (Å²) in [6, 6.07) is 3.76. The van der Waals surface area contributed by atoms with E-state index in [-0.39, 0.29) is 11.5 Å². The summed E-state index contributed by atoms with van der Waals surface area (Å²) >= 11 is 1.49. The van der Waals surface area contributed by atoms with E-state index in [1.807, 2.05) is 17.5 Å². The molecule has 1 aromatic heterocycles. The smallest absolute Gasteiger partial charge is 0.150 e. The van der Waals surface area contributed by atoms with Crippen molar-refractivity contribution in [3.05, 3.63) is 22.4 Å². The third kappa shape index (κ3) is 3.88.